The highest BCUT2D eigenvalue weighted by Gasteiger charge is 2.45. The third-order valence-corrected chi connectivity index (χ3v) is 8.71. The molecular weight excluding hydrogens is 384 g/mol. The topological polar surface area (TPSA) is 44.8 Å². The number of carbonyl (C=O) groups is 1. The molecule has 4 unspecified atom stereocenters. The highest BCUT2D eigenvalue weighted by Crippen LogP contribution is 2.46. The largest absolute Gasteiger partial charge is 0.497 e. The molecule has 154 valence electrons. The van der Waals surface area contributed by atoms with E-state index in [4.69, 9.17) is 14.2 Å². The zero-order valence-electron chi connectivity index (χ0n) is 17.3. The first-order chi connectivity index (χ1) is 14.1. The predicted molar refractivity (Wildman–Crippen MR) is 115 cm³/mol. The van der Waals surface area contributed by atoms with E-state index >= 15 is 0 Å². The van der Waals surface area contributed by atoms with Crippen LogP contribution >= 0.6 is 0 Å². The summed E-state index contributed by atoms with van der Waals surface area (Å²) in [7, 11) is 2.89. The first-order valence-electron chi connectivity index (χ1n) is 10.3. The van der Waals surface area contributed by atoms with Crippen LogP contribution in [-0.4, -0.2) is 31.5 Å². The number of fused-ring (bicyclic) bond motifs is 2. The molecule has 0 aromatic heterocycles. The van der Waals surface area contributed by atoms with Crippen LogP contribution in [0.4, 0.5) is 0 Å². The van der Waals surface area contributed by atoms with Crippen molar-refractivity contribution in [2.75, 3.05) is 14.2 Å². The summed E-state index contributed by atoms with van der Waals surface area (Å²) in [4.78, 5) is 15.4. The summed E-state index contributed by atoms with van der Waals surface area (Å²) >= 11 is 0. The molecule has 2 fully saturated rings. The molecule has 0 amide bonds. The molecule has 2 aromatic rings. The Labute approximate surface area is 175 Å². The van der Waals surface area contributed by atoms with Crippen LogP contribution < -0.4 is 9.47 Å². The van der Waals surface area contributed by atoms with Crippen molar-refractivity contribution >= 4 is 16.9 Å². The molecule has 2 aliphatic rings. The van der Waals surface area contributed by atoms with Gasteiger partial charge in [0.25, 0.3) is 0 Å². The molecule has 0 spiro atoms. The average molecular weight is 414 g/mol. The van der Waals surface area contributed by atoms with E-state index in [0.29, 0.717) is 5.92 Å². The molecule has 2 aromatic carbocycles. The fourth-order valence-electron chi connectivity index (χ4n) is 4.66. The third-order valence-electron chi connectivity index (χ3n) is 6.25. The lowest BCUT2D eigenvalue weighted by Crippen LogP contribution is -2.34. The lowest BCUT2D eigenvalue weighted by Gasteiger charge is -2.23. The molecule has 0 N–H and O–H groups in total. The van der Waals surface area contributed by atoms with Gasteiger partial charge in [0.15, 0.2) is 9.79 Å². The lowest BCUT2D eigenvalue weighted by molar-refractivity contribution is -0.150. The Bertz CT molecular complexity index is 785. The Morgan fingerprint density at radius 1 is 0.897 bits per heavy atom. The molecule has 2 bridgehead atoms. The molecule has 0 radical (unpaired) electrons. The Morgan fingerprint density at radius 3 is 1.86 bits per heavy atom. The first-order valence-corrected chi connectivity index (χ1v) is 11.6. The molecule has 4 nitrogen and oxygen atoms in total. The second-order valence-corrected chi connectivity index (χ2v) is 10.3. The number of hydrogen-bond donors (Lipinski definition) is 0. The maximum atomic E-state index is 13.1. The summed E-state index contributed by atoms with van der Waals surface area (Å²) in [5.41, 5.74) is 0. The molecule has 5 heteroatoms. The number of carbonyl (C=O) groups excluding carboxylic acids is 1. The van der Waals surface area contributed by atoms with Crippen molar-refractivity contribution in [1.82, 2.24) is 0 Å². The lowest BCUT2D eigenvalue weighted by atomic mass is 9.98. The smallest absolute Gasteiger partial charge is 0.360 e. The Balaban J connectivity index is 1.58. The minimum absolute atomic E-state index is 0.0856. The maximum absolute atomic E-state index is 13.1. The number of rotatable bonds is 7. The monoisotopic (exact) mass is 413 g/mol. The molecule has 2 saturated carbocycles. The van der Waals surface area contributed by atoms with Crippen molar-refractivity contribution in [1.29, 1.82) is 0 Å². The van der Waals surface area contributed by atoms with Crippen LogP contribution in [0.25, 0.3) is 0 Å². The standard InChI is InChI=1S/C24H29O4S/c1-16(24(25)28-23-15-17-4-5-18(23)14-17)29(21-10-6-19(26-2)7-11-21)22-12-8-20(27-3)9-13-22/h6-13,16-18,23H,4-5,14-15H2,1-3H3/q+1. The van der Waals surface area contributed by atoms with Crippen molar-refractivity contribution < 1.29 is 19.0 Å². The normalized spacial score (nSPS) is 23.8. The van der Waals surface area contributed by atoms with Gasteiger partial charge in [0.2, 0.25) is 5.25 Å². The fourth-order valence-corrected chi connectivity index (χ4v) is 6.86. The van der Waals surface area contributed by atoms with Crippen molar-refractivity contribution in [2.24, 2.45) is 11.8 Å². The van der Waals surface area contributed by atoms with E-state index in [-0.39, 0.29) is 17.3 Å². The van der Waals surface area contributed by atoms with Gasteiger partial charge in [0.05, 0.1) is 25.1 Å². The summed E-state index contributed by atoms with van der Waals surface area (Å²) in [6.07, 6.45) is 4.90. The SMILES string of the molecule is COc1ccc([S+](c2ccc(OC)cc2)C(C)C(=O)OC2CC3CCC2C3)cc1. The van der Waals surface area contributed by atoms with Crippen molar-refractivity contribution in [3.05, 3.63) is 48.5 Å². The van der Waals surface area contributed by atoms with E-state index < -0.39 is 10.9 Å². The van der Waals surface area contributed by atoms with Crippen LogP contribution in [0.2, 0.25) is 0 Å². The van der Waals surface area contributed by atoms with Gasteiger partial charge >= 0.3 is 5.97 Å². The Hall–Kier alpha value is -2.14. The van der Waals surface area contributed by atoms with Gasteiger partial charge in [0, 0.05) is 0 Å². The zero-order valence-corrected chi connectivity index (χ0v) is 18.1. The van der Waals surface area contributed by atoms with E-state index in [1.807, 2.05) is 55.5 Å². The van der Waals surface area contributed by atoms with E-state index in [0.717, 1.165) is 33.6 Å². The van der Waals surface area contributed by atoms with Crippen molar-refractivity contribution in [3.63, 3.8) is 0 Å². The highest BCUT2D eigenvalue weighted by atomic mass is 32.2. The summed E-state index contributed by atoms with van der Waals surface area (Å²) in [5, 5.41) is -0.254. The van der Waals surface area contributed by atoms with Gasteiger partial charge in [-0.3, -0.25) is 0 Å². The molecular formula is C24H29O4S+. The fraction of sp³-hybridized carbons (Fsp3) is 0.458. The van der Waals surface area contributed by atoms with Crippen LogP contribution in [0.1, 0.15) is 32.6 Å². The molecule has 0 saturated heterocycles. The van der Waals surface area contributed by atoms with E-state index in [1.165, 1.54) is 19.3 Å². The Morgan fingerprint density at radius 2 is 1.45 bits per heavy atom. The van der Waals surface area contributed by atoms with Gasteiger partial charge in [0.1, 0.15) is 17.6 Å². The van der Waals surface area contributed by atoms with Crippen LogP contribution in [0.3, 0.4) is 0 Å². The summed E-state index contributed by atoms with van der Waals surface area (Å²) in [6, 6.07) is 16.0. The molecule has 4 atom stereocenters. The number of methoxy groups -OCH3 is 2. The van der Waals surface area contributed by atoms with Gasteiger partial charge < -0.3 is 14.2 Å². The summed E-state index contributed by atoms with van der Waals surface area (Å²) in [6.45, 7) is 1.99. The zero-order chi connectivity index (χ0) is 20.4. The van der Waals surface area contributed by atoms with Gasteiger partial charge in [-0.15, -0.1) is 0 Å². The van der Waals surface area contributed by atoms with Crippen LogP contribution in [-0.2, 0) is 20.4 Å². The highest BCUT2D eigenvalue weighted by molar-refractivity contribution is 7.98. The number of esters is 1. The molecule has 0 aliphatic heterocycles. The first kappa shape index (κ1) is 20.1. The van der Waals surface area contributed by atoms with Crippen LogP contribution in [0.5, 0.6) is 11.5 Å². The van der Waals surface area contributed by atoms with Crippen molar-refractivity contribution in [3.8, 4) is 11.5 Å². The number of benzene rings is 2. The second-order valence-electron chi connectivity index (χ2n) is 7.98. The minimum Gasteiger partial charge on any atom is -0.497 e. The van der Waals surface area contributed by atoms with E-state index in [2.05, 4.69) is 0 Å². The van der Waals surface area contributed by atoms with Gasteiger partial charge in [-0.25, -0.2) is 4.79 Å². The number of hydrogen-bond acceptors (Lipinski definition) is 4. The average Bonchev–Trinajstić information content (AvgIpc) is 3.38. The van der Waals surface area contributed by atoms with Gasteiger partial charge in [-0.1, -0.05) is 0 Å². The van der Waals surface area contributed by atoms with E-state index in [9.17, 15) is 4.79 Å². The molecule has 0 heterocycles. The summed E-state index contributed by atoms with van der Waals surface area (Å²) in [5.74, 6) is 2.86. The van der Waals surface area contributed by atoms with Crippen LogP contribution in [0.15, 0.2) is 58.3 Å². The third kappa shape index (κ3) is 4.25. The van der Waals surface area contributed by atoms with Crippen molar-refractivity contribution in [2.45, 2.75) is 53.8 Å². The Kier molecular flexibility index (Phi) is 6.04. The number of ether oxygens (including phenoxy) is 3. The van der Waals surface area contributed by atoms with Gasteiger partial charge in [-0.05, 0) is 93.0 Å². The van der Waals surface area contributed by atoms with Crippen LogP contribution in [0, 0.1) is 11.8 Å². The quantitative estimate of drug-likeness (QED) is 0.480. The van der Waals surface area contributed by atoms with Gasteiger partial charge in [-0.2, -0.15) is 0 Å². The minimum atomic E-state index is -0.434. The molecule has 4 rings (SSSR count). The molecule has 2 aliphatic carbocycles. The van der Waals surface area contributed by atoms with E-state index in [1.54, 1.807) is 14.2 Å². The second kappa shape index (κ2) is 8.70. The maximum Gasteiger partial charge on any atom is 0.360 e. The summed E-state index contributed by atoms with van der Waals surface area (Å²) < 4.78 is 16.6. The molecule has 29 heavy (non-hydrogen) atoms. The predicted octanol–water partition coefficient (Wildman–Crippen LogP) is 4.86.